The Kier molecular flexibility index (Phi) is 2.08. The number of pyridine rings is 1. The van der Waals surface area contributed by atoms with Crippen LogP contribution in [0.3, 0.4) is 0 Å². The minimum Gasteiger partial charge on any atom is -0.306 e. The lowest BCUT2D eigenvalue weighted by molar-refractivity contribution is 0.102. The molecule has 0 aliphatic rings. The van der Waals surface area contributed by atoms with Crippen LogP contribution in [0.25, 0.3) is 5.65 Å². The van der Waals surface area contributed by atoms with Crippen molar-refractivity contribution in [2.45, 2.75) is 0 Å². The van der Waals surface area contributed by atoms with Crippen LogP contribution in [-0.4, -0.2) is 30.5 Å². The molecular weight excluding hydrogens is 220 g/mol. The van der Waals surface area contributed by atoms with Gasteiger partial charge in [0.25, 0.3) is 5.91 Å². The first-order valence-corrected chi connectivity index (χ1v) is 4.92. The molecule has 0 saturated heterocycles. The molecule has 3 heterocycles. The quantitative estimate of drug-likeness (QED) is 0.676. The number of rotatable bonds is 2. The molecule has 0 aromatic carbocycles. The average Bonchev–Trinajstić information content (AvgIpc) is 2.97. The minimum absolute atomic E-state index is 0.252. The maximum Gasteiger partial charge on any atom is 0.259 e. The molecule has 7 nitrogen and oxygen atoms in total. The number of nitrogens with zero attached hydrogens (tertiary/aromatic N) is 4. The molecule has 0 aliphatic carbocycles. The topological polar surface area (TPSA) is 88.0 Å². The number of carbonyl (C=O) groups excluding carboxylic acids is 1. The highest BCUT2D eigenvalue weighted by molar-refractivity contribution is 6.03. The van der Waals surface area contributed by atoms with Crippen molar-refractivity contribution in [3.63, 3.8) is 0 Å². The van der Waals surface area contributed by atoms with E-state index in [1.807, 2.05) is 0 Å². The van der Waals surface area contributed by atoms with Crippen LogP contribution in [-0.2, 0) is 0 Å². The van der Waals surface area contributed by atoms with Crippen LogP contribution < -0.4 is 5.32 Å². The van der Waals surface area contributed by atoms with Crippen molar-refractivity contribution in [3.8, 4) is 0 Å². The number of fused-ring (bicyclic) bond motifs is 1. The molecule has 3 aromatic heterocycles. The normalized spacial score (nSPS) is 10.6. The summed E-state index contributed by atoms with van der Waals surface area (Å²) >= 11 is 0. The van der Waals surface area contributed by atoms with Crippen LogP contribution >= 0.6 is 0 Å². The number of aromatic amines is 1. The lowest BCUT2D eigenvalue weighted by atomic mass is 10.2. The zero-order valence-electron chi connectivity index (χ0n) is 8.66. The highest BCUT2D eigenvalue weighted by Crippen LogP contribution is 2.06. The van der Waals surface area contributed by atoms with E-state index in [0.717, 1.165) is 5.65 Å². The lowest BCUT2D eigenvalue weighted by Crippen LogP contribution is -2.13. The van der Waals surface area contributed by atoms with Gasteiger partial charge in [0.15, 0.2) is 0 Å². The number of nitrogens with one attached hydrogen (secondary N) is 2. The van der Waals surface area contributed by atoms with Crippen LogP contribution in [0.1, 0.15) is 10.4 Å². The van der Waals surface area contributed by atoms with Gasteiger partial charge in [-0.3, -0.25) is 10.1 Å². The van der Waals surface area contributed by atoms with Gasteiger partial charge in [-0.05, 0) is 12.1 Å². The van der Waals surface area contributed by atoms with Crippen molar-refractivity contribution >= 4 is 17.5 Å². The minimum atomic E-state index is -0.252. The van der Waals surface area contributed by atoms with Crippen molar-refractivity contribution in [2.75, 3.05) is 5.32 Å². The first kappa shape index (κ1) is 9.52. The second kappa shape index (κ2) is 3.71. The molecule has 17 heavy (non-hydrogen) atoms. The van der Waals surface area contributed by atoms with E-state index in [9.17, 15) is 4.79 Å². The molecule has 0 unspecified atom stereocenters. The van der Waals surface area contributed by atoms with Gasteiger partial charge in [0, 0.05) is 18.6 Å². The Morgan fingerprint density at radius 3 is 3.12 bits per heavy atom. The maximum absolute atomic E-state index is 11.8. The van der Waals surface area contributed by atoms with Crippen molar-refractivity contribution < 1.29 is 4.79 Å². The first-order valence-electron chi connectivity index (χ1n) is 4.92. The molecule has 0 bridgehead atoms. The Morgan fingerprint density at radius 2 is 2.29 bits per heavy atom. The van der Waals surface area contributed by atoms with E-state index in [-0.39, 0.29) is 5.91 Å². The highest BCUT2D eigenvalue weighted by atomic mass is 16.1. The number of amides is 1. The summed E-state index contributed by atoms with van der Waals surface area (Å²) in [6.07, 6.45) is 6.48. The predicted octanol–water partition coefficient (Wildman–Crippen LogP) is 0.705. The molecule has 3 rings (SSSR count). The van der Waals surface area contributed by atoms with Gasteiger partial charge < -0.3 is 4.40 Å². The Morgan fingerprint density at radius 1 is 1.35 bits per heavy atom. The summed E-state index contributed by atoms with van der Waals surface area (Å²) in [7, 11) is 0. The van der Waals surface area contributed by atoms with E-state index >= 15 is 0 Å². The fourth-order valence-corrected chi connectivity index (χ4v) is 1.50. The van der Waals surface area contributed by atoms with Gasteiger partial charge >= 0.3 is 0 Å². The number of imidazole rings is 1. The molecule has 7 heteroatoms. The average molecular weight is 228 g/mol. The zero-order chi connectivity index (χ0) is 11.7. The maximum atomic E-state index is 11.8. The number of hydrogen-bond donors (Lipinski definition) is 2. The van der Waals surface area contributed by atoms with Gasteiger partial charge in [0.1, 0.15) is 12.0 Å². The number of carbonyl (C=O) groups is 1. The van der Waals surface area contributed by atoms with E-state index in [1.54, 1.807) is 35.1 Å². The largest absolute Gasteiger partial charge is 0.306 e. The van der Waals surface area contributed by atoms with E-state index in [1.165, 1.54) is 6.33 Å². The van der Waals surface area contributed by atoms with Crippen LogP contribution in [0.5, 0.6) is 0 Å². The predicted molar refractivity (Wildman–Crippen MR) is 59.5 cm³/mol. The van der Waals surface area contributed by atoms with Crippen molar-refractivity contribution in [3.05, 3.63) is 42.6 Å². The summed E-state index contributed by atoms with van der Waals surface area (Å²) in [5.74, 6) is 0.0677. The summed E-state index contributed by atoms with van der Waals surface area (Å²) in [6, 6.07) is 3.48. The van der Waals surface area contributed by atoms with E-state index in [4.69, 9.17) is 0 Å². The summed E-state index contributed by atoms with van der Waals surface area (Å²) in [5.41, 5.74) is 1.31. The summed E-state index contributed by atoms with van der Waals surface area (Å²) in [6.45, 7) is 0. The molecule has 0 spiro atoms. The summed E-state index contributed by atoms with van der Waals surface area (Å²) < 4.78 is 1.77. The third kappa shape index (κ3) is 1.73. The van der Waals surface area contributed by atoms with Gasteiger partial charge in [-0.15, -0.1) is 0 Å². The van der Waals surface area contributed by atoms with Gasteiger partial charge in [-0.25, -0.2) is 10.1 Å². The van der Waals surface area contributed by atoms with E-state index < -0.39 is 0 Å². The molecule has 0 radical (unpaired) electrons. The van der Waals surface area contributed by atoms with Gasteiger partial charge in [-0.1, -0.05) is 0 Å². The van der Waals surface area contributed by atoms with Crippen molar-refractivity contribution in [1.82, 2.24) is 24.6 Å². The Labute approximate surface area is 95.5 Å². The number of hydrogen-bond acceptors (Lipinski definition) is 4. The summed E-state index contributed by atoms with van der Waals surface area (Å²) in [4.78, 5) is 19.8. The van der Waals surface area contributed by atoms with Crippen molar-refractivity contribution in [1.29, 1.82) is 0 Å². The van der Waals surface area contributed by atoms with Crippen LogP contribution in [0.15, 0.2) is 37.1 Å². The standard InChI is InChI=1S/C10H8N6O/c17-9(14-10-12-6-13-15-10)7-1-2-8-11-3-4-16(8)5-7/h1-6H,(H2,12,13,14,15,17). The Hall–Kier alpha value is -2.70. The van der Waals surface area contributed by atoms with Crippen LogP contribution in [0.4, 0.5) is 5.95 Å². The van der Waals surface area contributed by atoms with E-state index in [2.05, 4.69) is 25.5 Å². The molecule has 0 fully saturated rings. The Bertz CT molecular complexity index is 656. The third-order valence-corrected chi connectivity index (χ3v) is 2.30. The molecule has 0 aliphatic heterocycles. The molecule has 84 valence electrons. The van der Waals surface area contributed by atoms with Crippen LogP contribution in [0, 0.1) is 0 Å². The second-order valence-electron chi connectivity index (χ2n) is 3.40. The van der Waals surface area contributed by atoms with Crippen molar-refractivity contribution in [2.24, 2.45) is 0 Å². The number of H-pyrrole nitrogens is 1. The molecule has 0 saturated carbocycles. The lowest BCUT2D eigenvalue weighted by Gasteiger charge is -2.02. The van der Waals surface area contributed by atoms with Gasteiger partial charge in [-0.2, -0.15) is 10.1 Å². The van der Waals surface area contributed by atoms with Gasteiger partial charge in [0.05, 0.1) is 5.56 Å². The first-order chi connectivity index (χ1) is 8.33. The molecule has 1 amide bonds. The summed E-state index contributed by atoms with van der Waals surface area (Å²) in [5, 5.41) is 8.80. The SMILES string of the molecule is O=C(Nc1ncn[nH]1)c1ccc2nccn2c1. The van der Waals surface area contributed by atoms with Crippen LogP contribution in [0.2, 0.25) is 0 Å². The molecular formula is C10H8N6O. The smallest absolute Gasteiger partial charge is 0.259 e. The fraction of sp³-hybridized carbons (Fsp3) is 0. The van der Waals surface area contributed by atoms with E-state index in [0.29, 0.717) is 11.5 Å². The second-order valence-corrected chi connectivity index (χ2v) is 3.40. The molecule has 0 atom stereocenters. The number of anilines is 1. The monoisotopic (exact) mass is 228 g/mol. The Balaban J connectivity index is 1.90. The van der Waals surface area contributed by atoms with Gasteiger partial charge in [0.2, 0.25) is 5.95 Å². The number of aromatic nitrogens is 5. The highest BCUT2D eigenvalue weighted by Gasteiger charge is 2.08. The fourth-order valence-electron chi connectivity index (χ4n) is 1.50. The third-order valence-electron chi connectivity index (χ3n) is 2.30. The molecule has 3 aromatic rings. The molecule has 2 N–H and O–H groups in total. The zero-order valence-corrected chi connectivity index (χ0v) is 8.66.